The molecule has 0 aromatic carbocycles. The molecule has 4 rings (SSSR count). The summed E-state index contributed by atoms with van der Waals surface area (Å²) >= 11 is 0. The number of fused-ring (bicyclic) bond motifs is 1. The smallest absolute Gasteiger partial charge is 0.409 e. The Hall–Kier alpha value is -2.07. The van der Waals surface area contributed by atoms with Gasteiger partial charge in [0.1, 0.15) is 0 Å². The van der Waals surface area contributed by atoms with Crippen LogP contribution in [0, 0.1) is 0 Å². The Bertz CT molecular complexity index is 993. The molecule has 2 aliphatic heterocycles. The van der Waals surface area contributed by atoms with Gasteiger partial charge in [-0.05, 0) is 44.6 Å². The molecule has 2 saturated heterocycles. The Morgan fingerprint density at radius 3 is 2.30 bits per heavy atom. The first kappa shape index (κ1) is 21.2. The number of piperidine rings is 2. The minimum atomic E-state index is -3.64. The monoisotopic (exact) mass is 438 g/mol. The van der Waals surface area contributed by atoms with E-state index in [4.69, 9.17) is 4.74 Å². The van der Waals surface area contributed by atoms with Crippen LogP contribution >= 0.6 is 0 Å². The second-order valence-electron chi connectivity index (χ2n) is 8.41. The average molecular weight is 439 g/mol. The van der Waals surface area contributed by atoms with Gasteiger partial charge in [0.15, 0.2) is 0 Å². The van der Waals surface area contributed by atoms with Gasteiger partial charge in [-0.15, -0.1) is 0 Å². The van der Waals surface area contributed by atoms with Gasteiger partial charge in [-0.25, -0.2) is 18.0 Å². The van der Waals surface area contributed by atoms with Crippen LogP contribution in [0.15, 0.2) is 10.9 Å². The first-order valence-corrected chi connectivity index (χ1v) is 12.5. The van der Waals surface area contributed by atoms with Crippen molar-refractivity contribution in [3.05, 3.63) is 27.9 Å². The minimum absolute atomic E-state index is 0.00316. The zero-order valence-corrected chi connectivity index (χ0v) is 18.4. The maximum absolute atomic E-state index is 13.1. The number of aromatic nitrogens is 2. The van der Waals surface area contributed by atoms with Gasteiger partial charge in [-0.1, -0.05) is 6.08 Å². The third-order valence-corrected chi connectivity index (χ3v) is 7.65. The van der Waals surface area contributed by atoms with Crippen LogP contribution < -0.4 is 5.69 Å². The van der Waals surface area contributed by atoms with Gasteiger partial charge in [0.05, 0.1) is 24.8 Å². The molecule has 3 aliphatic rings. The topological polar surface area (TPSA) is 93.8 Å². The second-order valence-corrected chi connectivity index (χ2v) is 10.2. The SMILES string of the molecule is COC(=O)N1CCC(N2CCC(n3c4c(n(S(C)(=O)=O)c3=O)CCC=C4)CC2)CC1. The van der Waals surface area contributed by atoms with Crippen LogP contribution in [0.25, 0.3) is 6.08 Å². The average Bonchev–Trinajstić information content (AvgIpc) is 3.05. The fraction of sp³-hybridized carbons (Fsp3) is 0.700. The molecule has 0 saturated carbocycles. The fourth-order valence-electron chi connectivity index (χ4n) is 5.13. The predicted octanol–water partition coefficient (Wildman–Crippen LogP) is 1.28. The lowest BCUT2D eigenvalue weighted by molar-refractivity contribution is 0.0682. The van der Waals surface area contributed by atoms with E-state index in [0.29, 0.717) is 31.2 Å². The largest absolute Gasteiger partial charge is 0.453 e. The Balaban J connectivity index is 1.47. The van der Waals surface area contributed by atoms with E-state index < -0.39 is 15.7 Å². The van der Waals surface area contributed by atoms with Crippen molar-refractivity contribution in [3.8, 4) is 0 Å². The number of likely N-dealkylation sites (tertiary alicyclic amines) is 2. The molecule has 0 N–H and O–H groups in total. The lowest BCUT2D eigenvalue weighted by Crippen LogP contribution is -2.49. The molecule has 0 radical (unpaired) electrons. The van der Waals surface area contributed by atoms with Crippen molar-refractivity contribution in [1.29, 1.82) is 0 Å². The molecule has 166 valence electrons. The van der Waals surface area contributed by atoms with Crippen molar-refractivity contribution in [2.75, 3.05) is 39.5 Å². The molecule has 9 nitrogen and oxygen atoms in total. The van der Waals surface area contributed by atoms with E-state index in [-0.39, 0.29) is 12.1 Å². The molecular formula is C20H30N4O5S. The van der Waals surface area contributed by atoms with Gasteiger partial charge in [0, 0.05) is 38.3 Å². The molecule has 0 unspecified atom stereocenters. The van der Waals surface area contributed by atoms with Crippen molar-refractivity contribution in [1.82, 2.24) is 18.3 Å². The number of nitrogens with zero attached hydrogens (tertiary/aromatic N) is 4. The number of rotatable bonds is 3. The van der Waals surface area contributed by atoms with Crippen molar-refractivity contribution < 1.29 is 17.9 Å². The van der Waals surface area contributed by atoms with Crippen LogP contribution in [0.5, 0.6) is 0 Å². The molecule has 1 aromatic heterocycles. The summed E-state index contributed by atoms with van der Waals surface area (Å²) in [6.07, 6.45) is 9.51. The summed E-state index contributed by atoms with van der Waals surface area (Å²) in [6.45, 7) is 3.13. The van der Waals surface area contributed by atoms with Gasteiger partial charge < -0.3 is 14.5 Å². The summed E-state index contributed by atoms with van der Waals surface area (Å²) in [4.78, 5) is 28.9. The normalized spacial score (nSPS) is 21.6. The van der Waals surface area contributed by atoms with Gasteiger partial charge in [0.2, 0.25) is 10.0 Å². The molecule has 3 heterocycles. The van der Waals surface area contributed by atoms with E-state index in [0.717, 1.165) is 61.1 Å². The third kappa shape index (κ3) is 3.82. The van der Waals surface area contributed by atoms with Gasteiger partial charge in [0.25, 0.3) is 0 Å². The van der Waals surface area contributed by atoms with Crippen LogP contribution in [0.3, 0.4) is 0 Å². The number of carbonyl (C=O) groups excluding carboxylic acids is 1. The highest BCUT2D eigenvalue weighted by Crippen LogP contribution is 2.30. The summed E-state index contributed by atoms with van der Waals surface area (Å²) < 4.78 is 32.0. The summed E-state index contributed by atoms with van der Waals surface area (Å²) in [6, 6.07) is 0.432. The molecule has 30 heavy (non-hydrogen) atoms. The molecule has 0 spiro atoms. The highest BCUT2D eigenvalue weighted by Gasteiger charge is 2.33. The van der Waals surface area contributed by atoms with Crippen LogP contribution in [-0.2, 0) is 21.2 Å². The molecule has 0 bridgehead atoms. The number of hydrogen-bond acceptors (Lipinski definition) is 6. The number of imidazole rings is 1. The molecular weight excluding hydrogens is 408 g/mol. The number of hydrogen-bond donors (Lipinski definition) is 0. The maximum atomic E-state index is 13.1. The standard InChI is InChI=1S/C20H30N4O5S/c1-29-20(26)22-13-7-15(8-14-22)21-11-9-16(10-12-21)23-17-5-3-4-6-18(17)24(19(23)25)30(2,27)28/h3,5,15-16H,4,6-14H2,1-2H3. The summed E-state index contributed by atoms with van der Waals surface area (Å²) in [7, 11) is -2.23. The number of methoxy groups -OCH3 is 1. The van der Waals surface area contributed by atoms with Crippen LogP contribution in [0.2, 0.25) is 0 Å². The second kappa shape index (κ2) is 8.22. The van der Waals surface area contributed by atoms with Gasteiger partial charge >= 0.3 is 11.8 Å². The zero-order valence-electron chi connectivity index (χ0n) is 17.6. The zero-order chi connectivity index (χ0) is 21.5. The lowest BCUT2D eigenvalue weighted by atomic mass is 9.97. The van der Waals surface area contributed by atoms with E-state index in [1.54, 1.807) is 9.47 Å². The third-order valence-electron chi connectivity index (χ3n) is 6.61. The Morgan fingerprint density at radius 2 is 1.70 bits per heavy atom. The fourth-order valence-corrected chi connectivity index (χ4v) is 6.08. The summed E-state index contributed by atoms with van der Waals surface area (Å²) in [5.74, 6) is 0. The van der Waals surface area contributed by atoms with Crippen molar-refractivity contribution >= 4 is 22.2 Å². The number of ether oxygens (including phenoxy) is 1. The highest BCUT2D eigenvalue weighted by atomic mass is 32.2. The van der Waals surface area contributed by atoms with E-state index in [1.807, 2.05) is 12.2 Å². The van der Waals surface area contributed by atoms with Crippen LogP contribution in [-0.4, -0.2) is 78.4 Å². The van der Waals surface area contributed by atoms with Gasteiger partial charge in [-0.3, -0.25) is 4.57 Å². The Morgan fingerprint density at radius 1 is 1.07 bits per heavy atom. The Labute approximate surface area is 176 Å². The van der Waals surface area contributed by atoms with E-state index in [2.05, 4.69) is 4.90 Å². The van der Waals surface area contributed by atoms with E-state index in [1.165, 1.54) is 7.11 Å². The van der Waals surface area contributed by atoms with Crippen molar-refractivity contribution in [3.63, 3.8) is 0 Å². The maximum Gasteiger partial charge on any atom is 0.409 e. The number of carbonyl (C=O) groups is 1. The van der Waals surface area contributed by atoms with E-state index >= 15 is 0 Å². The molecule has 10 heteroatoms. The highest BCUT2D eigenvalue weighted by molar-refractivity contribution is 7.89. The minimum Gasteiger partial charge on any atom is -0.453 e. The molecule has 1 aliphatic carbocycles. The quantitative estimate of drug-likeness (QED) is 0.706. The van der Waals surface area contributed by atoms with E-state index in [9.17, 15) is 18.0 Å². The summed E-state index contributed by atoms with van der Waals surface area (Å²) in [5.41, 5.74) is 0.933. The number of amides is 1. The number of allylic oxidation sites excluding steroid dienone is 1. The van der Waals surface area contributed by atoms with Crippen molar-refractivity contribution in [2.45, 2.75) is 50.6 Å². The van der Waals surface area contributed by atoms with Gasteiger partial charge in [-0.2, -0.15) is 3.97 Å². The molecule has 1 amide bonds. The predicted molar refractivity (Wildman–Crippen MR) is 113 cm³/mol. The van der Waals surface area contributed by atoms with Crippen LogP contribution in [0.4, 0.5) is 4.79 Å². The van der Waals surface area contributed by atoms with Crippen LogP contribution in [0.1, 0.15) is 49.5 Å². The lowest BCUT2D eigenvalue weighted by Gasteiger charge is -2.41. The molecule has 2 fully saturated rings. The first-order chi connectivity index (χ1) is 14.3. The first-order valence-electron chi connectivity index (χ1n) is 10.6. The Kier molecular flexibility index (Phi) is 5.80. The molecule has 1 aromatic rings. The molecule has 0 atom stereocenters. The van der Waals surface area contributed by atoms with Crippen molar-refractivity contribution in [2.24, 2.45) is 0 Å². The summed E-state index contributed by atoms with van der Waals surface area (Å²) in [5, 5.41) is 0.